The standard InChI is InChI=1S/C18H20O4S/c1-14-6-8-16(9-7-14)23(20,21)22-13-10-15-4-2-3-5-17(15)18(19)11-12-18/h2-9,19H,10-13H2,1H3. The van der Waals surface area contributed by atoms with E-state index in [2.05, 4.69) is 0 Å². The number of hydrogen-bond acceptors (Lipinski definition) is 4. The summed E-state index contributed by atoms with van der Waals surface area (Å²) in [6.45, 7) is 1.96. The van der Waals surface area contributed by atoms with Gasteiger partial charge in [-0.3, -0.25) is 4.18 Å². The molecule has 2 aromatic rings. The molecule has 0 spiro atoms. The van der Waals surface area contributed by atoms with E-state index >= 15 is 0 Å². The summed E-state index contributed by atoms with van der Waals surface area (Å²) in [7, 11) is -3.74. The third-order valence-corrected chi connectivity index (χ3v) is 5.49. The maximum absolute atomic E-state index is 12.2. The lowest BCUT2D eigenvalue weighted by molar-refractivity contribution is 0.150. The summed E-state index contributed by atoms with van der Waals surface area (Å²) in [5, 5.41) is 10.3. The van der Waals surface area contributed by atoms with Crippen LogP contribution >= 0.6 is 0 Å². The van der Waals surface area contributed by atoms with Gasteiger partial charge in [0.05, 0.1) is 17.1 Å². The van der Waals surface area contributed by atoms with Crippen LogP contribution in [0, 0.1) is 6.92 Å². The Bertz CT molecular complexity index is 790. The monoisotopic (exact) mass is 332 g/mol. The van der Waals surface area contributed by atoms with E-state index in [4.69, 9.17) is 4.18 Å². The molecule has 1 saturated carbocycles. The molecule has 0 radical (unpaired) electrons. The fourth-order valence-corrected chi connectivity index (χ4v) is 3.52. The van der Waals surface area contributed by atoms with Gasteiger partial charge in [0, 0.05) is 0 Å². The molecule has 1 fully saturated rings. The van der Waals surface area contributed by atoms with Gasteiger partial charge in [0.1, 0.15) is 0 Å². The minimum absolute atomic E-state index is 0.0588. The Balaban J connectivity index is 1.67. The molecule has 1 N–H and O–H groups in total. The van der Waals surface area contributed by atoms with E-state index in [9.17, 15) is 13.5 Å². The average Bonchev–Trinajstić information content (AvgIpc) is 3.27. The normalized spacial score (nSPS) is 16.3. The van der Waals surface area contributed by atoms with Gasteiger partial charge in [-0.1, -0.05) is 42.0 Å². The third-order valence-electron chi connectivity index (χ3n) is 4.16. The summed E-state index contributed by atoms with van der Waals surface area (Å²) in [5.74, 6) is 0. The van der Waals surface area contributed by atoms with Crippen molar-refractivity contribution in [3.05, 3.63) is 65.2 Å². The van der Waals surface area contributed by atoms with E-state index in [0.29, 0.717) is 6.42 Å². The molecule has 0 atom stereocenters. The smallest absolute Gasteiger partial charge is 0.296 e. The third kappa shape index (κ3) is 3.63. The number of benzene rings is 2. The highest BCUT2D eigenvalue weighted by molar-refractivity contribution is 7.86. The van der Waals surface area contributed by atoms with Crippen molar-refractivity contribution in [3.63, 3.8) is 0 Å². The second-order valence-electron chi connectivity index (χ2n) is 6.03. The Morgan fingerprint density at radius 1 is 1.09 bits per heavy atom. The zero-order valence-electron chi connectivity index (χ0n) is 13.0. The molecule has 23 heavy (non-hydrogen) atoms. The van der Waals surface area contributed by atoms with Crippen molar-refractivity contribution in [3.8, 4) is 0 Å². The van der Waals surface area contributed by atoms with Gasteiger partial charge in [0.25, 0.3) is 10.1 Å². The zero-order valence-corrected chi connectivity index (χ0v) is 13.8. The molecule has 1 aliphatic carbocycles. The second kappa shape index (κ2) is 6.07. The molecule has 1 aliphatic rings. The van der Waals surface area contributed by atoms with Gasteiger partial charge < -0.3 is 5.11 Å². The van der Waals surface area contributed by atoms with Crippen molar-refractivity contribution < 1.29 is 17.7 Å². The molecule has 0 bridgehead atoms. The SMILES string of the molecule is Cc1ccc(S(=O)(=O)OCCc2ccccc2C2(O)CC2)cc1. The molecule has 2 aromatic carbocycles. The van der Waals surface area contributed by atoms with Crippen LogP contribution in [0.25, 0.3) is 0 Å². The summed E-state index contributed by atoms with van der Waals surface area (Å²) in [6.07, 6.45) is 1.96. The minimum Gasteiger partial charge on any atom is -0.385 e. The largest absolute Gasteiger partial charge is 0.385 e. The lowest BCUT2D eigenvalue weighted by Gasteiger charge is -2.14. The summed E-state index contributed by atoms with van der Waals surface area (Å²) in [4.78, 5) is 0.164. The molecular weight excluding hydrogens is 312 g/mol. The fourth-order valence-electron chi connectivity index (χ4n) is 2.61. The Morgan fingerprint density at radius 2 is 1.74 bits per heavy atom. The van der Waals surface area contributed by atoms with Crippen molar-refractivity contribution in [1.82, 2.24) is 0 Å². The lowest BCUT2D eigenvalue weighted by Crippen LogP contribution is -2.13. The molecule has 0 aliphatic heterocycles. The first kappa shape index (κ1) is 16.2. The lowest BCUT2D eigenvalue weighted by atomic mass is 9.99. The van der Waals surface area contributed by atoms with Crippen molar-refractivity contribution in [2.45, 2.75) is 36.7 Å². The number of hydrogen-bond donors (Lipinski definition) is 1. The zero-order chi connectivity index (χ0) is 16.5. The number of rotatable bonds is 6. The summed E-state index contributed by atoms with van der Waals surface area (Å²) in [5.41, 5.74) is 2.09. The van der Waals surface area contributed by atoms with Gasteiger partial charge in [-0.05, 0) is 49.4 Å². The first-order valence-electron chi connectivity index (χ1n) is 7.68. The van der Waals surface area contributed by atoms with Gasteiger partial charge in [-0.2, -0.15) is 8.42 Å². The molecule has 4 nitrogen and oxygen atoms in total. The number of aryl methyl sites for hydroxylation is 1. The summed E-state index contributed by atoms with van der Waals surface area (Å²) in [6, 6.07) is 14.2. The first-order chi connectivity index (χ1) is 10.9. The van der Waals surface area contributed by atoms with Crippen molar-refractivity contribution in [2.75, 3.05) is 6.61 Å². The molecule has 5 heteroatoms. The molecule has 0 heterocycles. The van der Waals surface area contributed by atoms with Gasteiger partial charge in [0.2, 0.25) is 0 Å². The molecule has 3 rings (SSSR count). The highest BCUT2D eigenvalue weighted by atomic mass is 32.2. The molecule has 0 saturated heterocycles. The van der Waals surface area contributed by atoms with Crippen LogP contribution in [0.2, 0.25) is 0 Å². The Hall–Kier alpha value is -1.69. The quantitative estimate of drug-likeness (QED) is 0.826. The Labute approximate surface area is 136 Å². The first-order valence-corrected chi connectivity index (χ1v) is 9.08. The fraction of sp³-hybridized carbons (Fsp3) is 0.333. The Morgan fingerprint density at radius 3 is 2.39 bits per heavy atom. The molecule has 0 aromatic heterocycles. The van der Waals surface area contributed by atoms with E-state index in [1.165, 1.54) is 0 Å². The van der Waals surface area contributed by atoms with Crippen molar-refractivity contribution >= 4 is 10.1 Å². The molecule has 122 valence electrons. The Kier molecular flexibility index (Phi) is 4.27. The summed E-state index contributed by atoms with van der Waals surface area (Å²) < 4.78 is 29.5. The number of aliphatic hydroxyl groups is 1. The second-order valence-corrected chi connectivity index (χ2v) is 7.64. The highest BCUT2D eigenvalue weighted by Crippen LogP contribution is 2.46. The van der Waals surface area contributed by atoms with Crippen LogP contribution in [0.4, 0.5) is 0 Å². The van der Waals surface area contributed by atoms with Crippen LogP contribution < -0.4 is 0 Å². The van der Waals surface area contributed by atoms with Crippen LogP contribution in [0.3, 0.4) is 0 Å². The van der Waals surface area contributed by atoms with Gasteiger partial charge in [-0.15, -0.1) is 0 Å². The highest BCUT2D eigenvalue weighted by Gasteiger charge is 2.43. The van der Waals surface area contributed by atoms with Gasteiger partial charge in [-0.25, -0.2) is 0 Å². The average molecular weight is 332 g/mol. The minimum atomic E-state index is -3.74. The van der Waals surface area contributed by atoms with Gasteiger partial charge >= 0.3 is 0 Å². The molecule has 0 amide bonds. The van der Waals surface area contributed by atoms with Crippen LogP contribution in [0.5, 0.6) is 0 Å². The topological polar surface area (TPSA) is 63.6 Å². The molecular formula is C18H20O4S. The van der Waals surface area contributed by atoms with Crippen molar-refractivity contribution in [2.24, 2.45) is 0 Å². The van der Waals surface area contributed by atoms with Gasteiger partial charge in [0.15, 0.2) is 0 Å². The predicted octanol–water partition coefficient (Wildman–Crippen LogP) is 2.92. The van der Waals surface area contributed by atoms with E-state index in [-0.39, 0.29) is 11.5 Å². The van der Waals surface area contributed by atoms with Crippen LogP contribution in [-0.2, 0) is 26.3 Å². The van der Waals surface area contributed by atoms with E-state index in [1.807, 2.05) is 31.2 Å². The van der Waals surface area contributed by atoms with E-state index in [0.717, 1.165) is 29.5 Å². The van der Waals surface area contributed by atoms with Crippen molar-refractivity contribution in [1.29, 1.82) is 0 Å². The van der Waals surface area contributed by atoms with E-state index in [1.54, 1.807) is 24.3 Å². The molecule has 0 unspecified atom stereocenters. The van der Waals surface area contributed by atoms with Crippen LogP contribution in [0.1, 0.15) is 29.5 Å². The predicted molar refractivity (Wildman–Crippen MR) is 87.6 cm³/mol. The maximum atomic E-state index is 12.2. The van der Waals surface area contributed by atoms with Crippen LogP contribution in [0.15, 0.2) is 53.4 Å². The maximum Gasteiger partial charge on any atom is 0.296 e. The van der Waals surface area contributed by atoms with E-state index < -0.39 is 15.7 Å². The van der Waals surface area contributed by atoms with Crippen LogP contribution in [-0.4, -0.2) is 20.1 Å². The summed E-state index contributed by atoms with van der Waals surface area (Å²) >= 11 is 0.